The second kappa shape index (κ2) is 2.56. The predicted molar refractivity (Wildman–Crippen MR) is 59.5 cm³/mol. The standard InChI is InChI=1S/C11H15N3/c12-8-1-2-9-10(5-8)14-7-11(3-4-11)6-13-9/h1-2,5,13-14H,3-4,6-7,12H2. The number of anilines is 3. The Morgan fingerprint density at radius 2 is 1.79 bits per heavy atom. The summed E-state index contributed by atoms with van der Waals surface area (Å²) in [7, 11) is 0. The third-order valence-corrected chi connectivity index (χ3v) is 3.31. The highest BCUT2D eigenvalue weighted by Gasteiger charge is 2.43. The van der Waals surface area contributed by atoms with Crippen LogP contribution >= 0.6 is 0 Å². The van der Waals surface area contributed by atoms with Gasteiger partial charge in [0.25, 0.3) is 0 Å². The van der Waals surface area contributed by atoms with Gasteiger partial charge >= 0.3 is 0 Å². The van der Waals surface area contributed by atoms with Gasteiger partial charge in [-0.25, -0.2) is 0 Å². The number of hydrogen-bond donors (Lipinski definition) is 3. The number of nitrogen functional groups attached to an aromatic ring is 1. The highest BCUT2D eigenvalue weighted by atomic mass is 15.0. The van der Waals surface area contributed by atoms with Gasteiger partial charge in [-0.2, -0.15) is 0 Å². The molecule has 14 heavy (non-hydrogen) atoms. The molecule has 1 fully saturated rings. The van der Waals surface area contributed by atoms with Crippen LogP contribution in [0.2, 0.25) is 0 Å². The molecule has 1 aliphatic heterocycles. The van der Waals surface area contributed by atoms with Gasteiger partial charge in [0.15, 0.2) is 0 Å². The van der Waals surface area contributed by atoms with Gasteiger partial charge in [0.2, 0.25) is 0 Å². The van der Waals surface area contributed by atoms with Crippen LogP contribution in [0.1, 0.15) is 12.8 Å². The number of rotatable bonds is 0. The van der Waals surface area contributed by atoms with E-state index in [1.165, 1.54) is 18.5 Å². The molecule has 0 atom stereocenters. The zero-order valence-corrected chi connectivity index (χ0v) is 8.14. The van der Waals surface area contributed by atoms with Gasteiger partial charge < -0.3 is 16.4 Å². The van der Waals surface area contributed by atoms with Crippen molar-refractivity contribution in [1.29, 1.82) is 0 Å². The van der Waals surface area contributed by atoms with Gasteiger partial charge in [0, 0.05) is 24.2 Å². The van der Waals surface area contributed by atoms with Gasteiger partial charge in [-0.3, -0.25) is 0 Å². The first-order chi connectivity index (χ1) is 6.77. The zero-order chi connectivity index (χ0) is 9.60. The van der Waals surface area contributed by atoms with Crippen molar-refractivity contribution < 1.29 is 0 Å². The van der Waals surface area contributed by atoms with Crippen LogP contribution in [-0.4, -0.2) is 13.1 Å². The first-order valence-electron chi connectivity index (χ1n) is 5.15. The van der Waals surface area contributed by atoms with Crippen LogP contribution in [0.5, 0.6) is 0 Å². The summed E-state index contributed by atoms with van der Waals surface area (Å²) in [6, 6.07) is 6.00. The van der Waals surface area contributed by atoms with E-state index in [9.17, 15) is 0 Å². The van der Waals surface area contributed by atoms with Crippen LogP contribution in [0.15, 0.2) is 18.2 Å². The van der Waals surface area contributed by atoms with E-state index in [1.54, 1.807) is 0 Å². The van der Waals surface area contributed by atoms with Gasteiger partial charge in [0.1, 0.15) is 0 Å². The molecule has 0 aromatic heterocycles. The van der Waals surface area contributed by atoms with Crippen LogP contribution in [0.4, 0.5) is 17.1 Å². The molecular formula is C11H15N3. The molecule has 3 rings (SSSR count). The van der Waals surface area contributed by atoms with Crippen molar-refractivity contribution in [2.45, 2.75) is 12.8 Å². The third kappa shape index (κ3) is 1.20. The minimum Gasteiger partial charge on any atom is -0.399 e. The Morgan fingerprint density at radius 3 is 2.50 bits per heavy atom. The Kier molecular flexibility index (Phi) is 1.46. The molecule has 0 unspecified atom stereocenters. The largest absolute Gasteiger partial charge is 0.399 e. The zero-order valence-electron chi connectivity index (χ0n) is 8.14. The maximum atomic E-state index is 5.75. The van der Waals surface area contributed by atoms with Crippen molar-refractivity contribution in [2.24, 2.45) is 5.41 Å². The smallest absolute Gasteiger partial charge is 0.0596 e. The minimum absolute atomic E-state index is 0.522. The fourth-order valence-electron chi connectivity index (χ4n) is 2.02. The molecule has 0 saturated heterocycles. The fourth-order valence-corrected chi connectivity index (χ4v) is 2.02. The number of fused-ring (bicyclic) bond motifs is 1. The molecule has 3 heteroatoms. The van der Waals surface area contributed by atoms with E-state index in [0.29, 0.717) is 5.41 Å². The normalized spacial score (nSPS) is 21.7. The van der Waals surface area contributed by atoms with Crippen molar-refractivity contribution in [3.63, 3.8) is 0 Å². The van der Waals surface area contributed by atoms with Crippen LogP contribution in [0.25, 0.3) is 0 Å². The molecule has 1 aromatic rings. The van der Waals surface area contributed by atoms with Crippen molar-refractivity contribution in [2.75, 3.05) is 29.5 Å². The molecule has 1 spiro atoms. The summed E-state index contributed by atoms with van der Waals surface area (Å²) in [5.41, 5.74) is 9.42. The maximum absolute atomic E-state index is 5.75. The lowest BCUT2D eigenvalue weighted by atomic mass is 10.1. The lowest BCUT2D eigenvalue weighted by Crippen LogP contribution is -2.19. The molecule has 1 saturated carbocycles. The van der Waals surface area contributed by atoms with E-state index in [1.807, 2.05) is 12.1 Å². The Hall–Kier alpha value is -1.38. The van der Waals surface area contributed by atoms with Crippen LogP contribution in [0, 0.1) is 5.41 Å². The number of nitrogens with two attached hydrogens (primary N) is 1. The lowest BCUT2D eigenvalue weighted by molar-refractivity contribution is 0.582. The number of nitrogens with one attached hydrogen (secondary N) is 2. The quantitative estimate of drug-likeness (QED) is 0.546. The summed E-state index contributed by atoms with van der Waals surface area (Å²) in [6.45, 7) is 2.17. The van der Waals surface area contributed by atoms with E-state index < -0.39 is 0 Å². The van der Waals surface area contributed by atoms with Crippen molar-refractivity contribution in [3.8, 4) is 0 Å². The van der Waals surface area contributed by atoms with Gasteiger partial charge in [-0.05, 0) is 31.0 Å². The average Bonchev–Trinajstić information content (AvgIpc) is 2.96. The maximum Gasteiger partial charge on any atom is 0.0596 e. The molecule has 2 aliphatic rings. The van der Waals surface area contributed by atoms with Crippen LogP contribution in [-0.2, 0) is 0 Å². The molecule has 1 aromatic carbocycles. The summed E-state index contributed by atoms with van der Waals surface area (Å²) in [5, 5.41) is 6.96. The minimum atomic E-state index is 0.522. The number of benzene rings is 1. The van der Waals surface area contributed by atoms with Gasteiger partial charge in [-0.1, -0.05) is 0 Å². The Bertz CT molecular complexity index is 369. The number of hydrogen-bond acceptors (Lipinski definition) is 3. The molecule has 1 aliphatic carbocycles. The monoisotopic (exact) mass is 189 g/mol. The molecule has 3 nitrogen and oxygen atoms in total. The summed E-state index contributed by atoms with van der Waals surface area (Å²) >= 11 is 0. The van der Waals surface area contributed by atoms with E-state index in [0.717, 1.165) is 24.5 Å². The van der Waals surface area contributed by atoms with Crippen LogP contribution in [0.3, 0.4) is 0 Å². The second-order valence-corrected chi connectivity index (χ2v) is 4.51. The van der Waals surface area contributed by atoms with Crippen molar-refractivity contribution >= 4 is 17.1 Å². The Labute approximate surface area is 83.7 Å². The molecule has 0 radical (unpaired) electrons. The second-order valence-electron chi connectivity index (χ2n) is 4.51. The highest BCUT2D eigenvalue weighted by molar-refractivity contribution is 5.74. The molecule has 4 N–H and O–H groups in total. The van der Waals surface area contributed by atoms with Crippen molar-refractivity contribution in [1.82, 2.24) is 0 Å². The van der Waals surface area contributed by atoms with E-state index in [2.05, 4.69) is 16.7 Å². The summed E-state index contributed by atoms with van der Waals surface area (Å²) in [5.74, 6) is 0. The highest BCUT2D eigenvalue weighted by Crippen LogP contribution is 2.47. The first kappa shape index (κ1) is 7.97. The summed E-state index contributed by atoms with van der Waals surface area (Å²) in [4.78, 5) is 0. The molecule has 0 bridgehead atoms. The van der Waals surface area contributed by atoms with E-state index in [-0.39, 0.29) is 0 Å². The predicted octanol–water partition coefficient (Wildman–Crippen LogP) is 1.89. The van der Waals surface area contributed by atoms with Crippen molar-refractivity contribution in [3.05, 3.63) is 18.2 Å². The topological polar surface area (TPSA) is 50.1 Å². The first-order valence-corrected chi connectivity index (χ1v) is 5.15. The average molecular weight is 189 g/mol. The molecule has 1 heterocycles. The third-order valence-electron chi connectivity index (χ3n) is 3.31. The van der Waals surface area contributed by atoms with Gasteiger partial charge in [-0.15, -0.1) is 0 Å². The van der Waals surface area contributed by atoms with E-state index >= 15 is 0 Å². The fraction of sp³-hybridized carbons (Fsp3) is 0.455. The molecule has 74 valence electrons. The van der Waals surface area contributed by atoms with Gasteiger partial charge in [0.05, 0.1) is 11.4 Å². The lowest BCUT2D eigenvalue weighted by Gasteiger charge is -2.10. The SMILES string of the molecule is Nc1ccc2c(c1)NCC1(CC1)CN2. The molecular weight excluding hydrogens is 174 g/mol. The molecule has 0 amide bonds. The summed E-state index contributed by atoms with van der Waals surface area (Å²) < 4.78 is 0. The van der Waals surface area contributed by atoms with E-state index in [4.69, 9.17) is 5.73 Å². The van der Waals surface area contributed by atoms with Crippen LogP contribution < -0.4 is 16.4 Å². The summed E-state index contributed by atoms with van der Waals surface area (Å²) in [6.07, 6.45) is 2.69. The Morgan fingerprint density at radius 1 is 1.07 bits per heavy atom. The Balaban J connectivity index is 1.93.